The molecule has 0 rings (SSSR count). The van der Waals surface area contributed by atoms with Crippen molar-refractivity contribution in [3.8, 4) is 0 Å². The van der Waals surface area contributed by atoms with Crippen molar-refractivity contribution in [3.63, 3.8) is 0 Å². The molecule has 0 atom stereocenters. The van der Waals surface area contributed by atoms with E-state index in [4.69, 9.17) is 33.1 Å². The number of hydrogen-bond donors (Lipinski definition) is 0. The molecule has 0 aliphatic carbocycles. The average molecular weight is 449 g/mol. The Morgan fingerprint density at radius 3 is 1.15 bits per heavy atom. The predicted molar refractivity (Wildman–Crippen MR) is 119 cm³/mol. The van der Waals surface area contributed by atoms with Crippen LogP contribution in [0, 0.1) is 0 Å². The fourth-order valence-corrected chi connectivity index (χ4v) is 4.54. The van der Waals surface area contributed by atoms with Crippen molar-refractivity contribution in [1.82, 2.24) is 0 Å². The van der Waals surface area contributed by atoms with Crippen LogP contribution in [-0.4, -0.2) is 13.2 Å². The Bertz CT molecular complexity index is 294. The molecule has 0 fully saturated rings. The van der Waals surface area contributed by atoms with Crippen molar-refractivity contribution < 1.29 is 60.4 Å². The first-order valence-corrected chi connectivity index (χ1v) is 14.4. The molecule has 6 heteroatoms. The van der Waals surface area contributed by atoms with Gasteiger partial charge in [0, 0.05) is 0 Å². The van der Waals surface area contributed by atoms with Crippen LogP contribution in [0.1, 0.15) is 117 Å². The molecular weight excluding hydrogens is 406 g/mol. The summed E-state index contributed by atoms with van der Waals surface area (Å²) in [7, 11) is 0. The van der Waals surface area contributed by atoms with E-state index in [0.717, 1.165) is 12.8 Å². The van der Waals surface area contributed by atoms with Gasteiger partial charge in [-0.3, -0.25) is 0 Å². The summed E-state index contributed by atoms with van der Waals surface area (Å²) in [5.74, 6) is 0. The monoisotopic (exact) mass is 448 g/mol. The van der Waals surface area contributed by atoms with Gasteiger partial charge in [0.25, 0.3) is 0 Å². The summed E-state index contributed by atoms with van der Waals surface area (Å²) < 4.78 is 11.3. The number of rotatable bonds is 20. The quantitative estimate of drug-likeness (QED) is 0.112. The summed E-state index contributed by atoms with van der Waals surface area (Å²) in [4.78, 5) is 0. The minimum Gasteiger partial charge on any atom is -0.691 e. The molecule has 152 valence electrons. The normalized spacial score (nSPS) is 11.5. The van der Waals surface area contributed by atoms with E-state index in [2.05, 4.69) is 13.8 Å². The van der Waals surface area contributed by atoms with Gasteiger partial charge in [-0.2, -0.15) is 0 Å². The maximum Gasteiger partial charge on any atom is 1.00 e. The van der Waals surface area contributed by atoms with E-state index in [1.807, 2.05) is 0 Å². The second kappa shape index (κ2) is 23.8. The largest absolute Gasteiger partial charge is 1.00 e. The van der Waals surface area contributed by atoms with Crippen molar-refractivity contribution >= 4 is 29.7 Å². The zero-order valence-corrected chi connectivity index (χ0v) is 23.5. The van der Waals surface area contributed by atoms with Gasteiger partial charge in [-0.05, 0) is 12.8 Å². The summed E-state index contributed by atoms with van der Waals surface area (Å²) >= 11 is 10.6. The minimum absolute atomic E-state index is 0. The molecule has 0 aliphatic heterocycles. The Kier molecular flexibility index (Phi) is 28.2. The molecule has 0 radical (unpaired) electrons. The van der Waals surface area contributed by atoms with Crippen LogP contribution < -0.4 is 51.4 Å². The molecule has 2 nitrogen and oxygen atoms in total. The van der Waals surface area contributed by atoms with Gasteiger partial charge in [0.2, 0.25) is 0 Å². The second-order valence-corrected chi connectivity index (χ2v) is 12.1. The molecule has 0 unspecified atom stereocenters. The van der Waals surface area contributed by atoms with E-state index in [1.54, 1.807) is 0 Å². The third-order valence-electron chi connectivity index (χ3n) is 4.49. The van der Waals surface area contributed by atoms with Crippen LogP contribution in [-0.2, 0) is 33.1 Å². The summed E-state index contributed by atoms with van der Waals surface area (Å²) in [5.41, 5.74) is -2.42. The third-order valence-corrected chi connectivity index (χ3v) is 6.76. The van der Waals surface area contributed by atoms with Gasteiger partial charge in [0.05, 0.1) is 18.9 Å². The predicted octanol–water partition coefficient (Wildman–Crippen LogP) is 5.08. The first kappa shape index (κ1) is 30.7. The fourth-order valence-electron chi connectivity index (χ4n) is 2.86. The van der Waals surface area contributed by atoms with Crippen LogP contribution in [0.2, 0.25) is 0 Å². The van der Waals surface area contributed by atoms with Crippen molar-refractivity contribution in [2.45, 2.75) is 117 Å². The fraction of sp³-hybridized carbons (Fsp3) is 1.00. The molecule has 0 saturated heterocycles. The van der Waals surface area contributed by atoms with Crippen molar-refractivity contribution in [3.05, 3.63) is 0 Å². The zero-order valence-electron chi connectivity index (χ0n) is 17.8. The molecule has 0 aromatic carbocycles. The summed E-state index contributed by atoms with van der Waals surface area (Å²) in [5, 5.41) is 0. The SMILES string of the molecule is CCCCCCCCCCOP(=S)([S-])OCCCCCCCCCC.[K+]. The number of unbranched alkanes of at least 4 members (excludes halogenated alkanes) is 14. The van der Waals surface area contributed by atoms with E-state index in [9.17, 15) is 0 Å². The molecule has 0 amide bonds. The maximum atomic E-state index is 5.67. The van der Waals surface area contributed by atoms with Crippen LogP contribution in [0.15, 0.2) is 0 Å². The average Bonchev–Trinajstić information content (AvgIpc) is 2.59. The molecule has 26 heavy (non-hydrogen) atoms. The topological polar surface area (TPSA) is 18.5 Å². The van der Waals surface area contributed by atoms with Gasteiger partial charge in [0.15, 0.2) is 0 Å². The molecule has 0 aromatic rings. The minimum atomic E-state index is -2.42. The molecule has 0 heterocycles. The van der Waals surface area contributed by atoms with Crippen molar-refractivity contribution in [2.24, 2.45) is 0 Å². The van der Waals surface area contributed by atoms with Gasteiger partial charge in [0.1, 0.15) is 0 Å². The molecule has 0 spiro atoms. The van der Waals surface area contributed by atoms with E-state index in [-0.39, 0.29) is 51.4 Å². The summed E-state index contributed by atoms with van der Waals surface area (Å²) in [6.07, 6.45) is 20.7. The Morgan fingerprint density at radius 1 is 0.577 bits per heavy atom. The molecule has 0 N–H and O–H groups in total. The summed E-state index contributed by atoms with van der Waals surface area (Å²) in [6.45, 7) is 5.86. The Morgan fingerprint density at radius 2 is 0.846 bits per heavy atom. The van der Waals surface area contributed by atoms with Crippen LogP contribution in [0.3, 0.4) is 0 Å². The Hall–Kier alpha value is 2.56. The van der Waals surface area contributed by atoms with E-state index >= 15 is 0 Å². The van der Waals surface area contributed by atoms with Crippen molar-refractivity contribution in [2.75, 3.05) is 13.2 Å². The van der Waals surface area contributed by atoms with Gasteiger partial charge < -0.3 is 21.3 Å². The van der Waals surface area contributed by atoms with E-state index in [1.165, 1.54) is 89.9 Å². The number of hydrogen-bond acceptors (Lipinski definition) is 4. The van der Waals surface area contributed by atoms with Crippen LogP contribution in [0.4, 0.5) is 0 Å². The smallest absolute Gasteiger partial charge is 0.691 e. The van der Waals surface area contributed by atoms with E-state index < -0.39 is 5.69 Å². The second-order valence-electron chi connectivity index (χ2n) is 7.06. The standard InChI is InChI=1S/C20H43O2PS2.K/c1-3-5-7-9-11-13-15-17-19-21-23(24,25)22-20-18-16-14-12-10-8-6-4-2;/h3-20H2,1-2H3,(H,24,25);/q;+1/p-1. The van der Waals surface area contributed by atoms with Crippen LogP contribution >= 0.6 is 5.69 Å². The van der Waals surface area contributed by atoms with Gasteiger partial charge in [-0.25, -0.2) is 0 Å². The molecule has 0 aromatic heterocycles. The first-order chi connectivity index (χ1) is 12.1. The van der Waals surface area contributed by atoms with Crippen LogP contribution in [0.5, 0.6) is 0 Å². The molecular formula is C20H42KO2PS2. The Labute approximate surface area is 217 Å². The molecule has 0 saturated carbocycles. The third kappa shape index (κ3) is 24.6. The van der Waals surface area contributed by atoms with Gasteiger partial charge >= 0.3 is 51.4 Å². The first-order valence-electron chi connectivity index (χ1n) is 10.7. The van der Waals surface area contributed by atoms with E-state index in [0.29, 0.717) is 13.2 Å². The van der Waals surface area contributed by atoms with Crippen LogP contribution in [0.25, 0.3) is 0 Å². The zero-order chi connectivity index (χ0) is 18.6. The Balaban J connectivity index is 0. The molecule has 0 aliphatic rings. The summed E-state index contributed by atoms with van der Waals surface area (Å²) in [6, 6.07) is 0. The maximum absolute atomic E-state index is 5.67. The molecule has 0 bridgehead atoms. The van der Waals surface area contributed by atoms with Gasteiger partial charge in [-0.1, -0.05) is 116 Å². The van der Waals surface area contributed by atoms with Crippen molar-refractivity contribution in [1.29, 1.82) is 0 Å². The van der Waals surface area contributed by atoms with Gasteiger partial charge in [-0.15, -0.1) is 0 Å².